The Morgan fingerprint density at radius 3 is 2.40 bits per heavy atom. The SMILES string of the molecule is CCC1CC(CC(C)[C@@H]2CC[C@@](C)(O)C2)CCC1(C)O. The van der Waals surface area contributed by atoms with Gasteiger partial charge in [0.2, 0.25) is 0 Å². The highest BCUT2D eigenvalue weighted by molar-refractivity contribution is 4.91. The summed E-state index contributed by atoms with van der Waals surface area (Å²) in [5, 5.41) is 20.6. The fourth-order valence-corrected chi connectivity index (χ4v) is 4.76. The zero-order valence-electron chi connectivity index (χ0n) is 13.9. The van der Waals surface area contributed by atoms with Gasteiger partial charge in [0.25, 0.3) is 0 Å². The van der Waals surface area contributed by atoms with Crippen LogP contribution in [0.25, 0.3) is 0 Å². The minimum Gasteiger partial charge on any atom is -0.390 e. The summed E-state index contributed by atoms with van der Waals surface area (Å²) in [6.07, 6.45) is 8.85. The second kappa shape index (κ2) is 5.96. The molecule has 2 fully saturated rings. The van der Waals surface area contributed by atoms with Gasteiger partial charge in [0, 0.05) is 0 Å². The summed E-state index contributed by atoms with van der Waals surface area (Å²) in [6, 6.07) is 0. The van der Waals surface area contributed by atoms with Crippen LogP contribution in [0.15, 0.2) is 0 Å². The van der Waals surface area contributed by atoms with Crippen molar-refractivity contribution in [3.8, 4) is 0 Å². The lowest BCUT2D eigenvalue weighted by molar-refractivity contribution is -0.0513. The highest BCUT2D eigenvalue weighted by Crippen LogP contribution is 2.45. The summed E-state index contributed by atoms with van der Waals surface area (Å²) in [5.74, 6) is 2.67. The molecule has 118 valence electrons. The first-order valence-corrected chi connectivity index (χ1v) is 8.68. The molecule has 0 amide bonds. The van der Waals surface area contributed by atoms with Crippen molar-refractivity contribution >= 4 is 0 Å². The van der Waals surface area contributed by atoms with Gasteiger partial charge in [-0.15, -0.1) is 0 Å². The highest BCUT2D eigenvalue weighted by atomic mass is 16.3. The Morgan fingerprint density at radius 1 is 1.15 bits per heavy atom. The monoisotopic (exact) mass is 282 g/mol. The minimum atomic E-state index is -0.439. The van der Waals surface area contributed by atoms with Gasteiger partial charge in [-0.1, -0.05) is 20.3 Å². The summed E-state index contributed by atoms with van der Waals surface area (Å²) in [6.45, 7) is 8.60. The molecule has 0 aliphatic heterocycles. The summed E-state index contributed by atoms with van der Waals surface area (Å²) < 4.78 is 0. The normalized spacial score (nSPS) is 47.4. The van der Waals surface area contributed by atoms with E-state index in [2.05, 4.69) is 13.8 Å². The molecular weight excluding hydrogens is 248 g/mol. The Morgan fingerprint density at radius 2 is 1.85 bits per heavy atom. The van der Waals surface area contributed by atoms with Gasteiger partial charge in [0.15, 0.2) is 0 Å². The van der Waals surface area contributed by atoms with Crippen LogP contribution in [-0.4, -0.2) is 21.4 Å². The van der Waals surface area contributed by atoms with Crippen molar-refractivity contribution in [2.45, 2.75) is 90.3 Å². The predicted molar refractivity (Wildman–Crippen MR) is 83.5 cm³/mol. The van der Waals surface area contributed by atoms with Gasteiger partial charge in [0.1, 0.15) is 0 Å². The van der Waals surface area contributed by atoms with E-state index in [1.165, 1.54) is 25.7 Å². The van der Waals surface area contributed by atoms with E-state index in [1.54, 1.807) is 0 Å². The van der Waals surface area contributed by atoms with Crippen LogP contribution in [0.2, 0.25) is 0 Å². The van der Waals surface area contributed by atoms with E-state index in [4.69, 9.17) is 0 Å². The van der Waals surface area contributed by atoms with Crippen molar-refractivity contribution in [2.24, 2.45) is 23.7 Å². The summed E-state index contributed by atoms with van der Waals surface area (Å²) >= 11 is 0. The quantitative estimate of drug-likeness (QED) is 0.813. The van der Waals surface area contributed by atoms with Gasteiger partial charge in [-0.05, 0) is 82.5 Å². The molecule has 0 aromatic carbocycles. The second-order valence-corrected chi connectivity index (χ2v) is 8.32. The lowest BCUT2D eigenvalue weighted by atomic mass is 9.68. The molecule has 2 aliphatic rings. The van der Waals surface area contributed by atoms with Crippen molar-refractivity contribution in [1.82, 2.24) is 0 Å². The minimum absolute atomic E-state index is 0.416. The van der Waals surface area contributed by atoms with Crippen LogP contribution < -0.4 is 0 Å². The molecule has 6 atom stereocenters. The van der Waals surface area contributed by atoms with E-state index >= 15 is 0 Å². The Labute approximate surface area is 125 Å². The molecule has 20 heavy (non-hydrogen) atoms. The molecule has 2 heteroatoms. The first kappa shape index (κ1) is 16.3. The van der Waals surface area contributed by atoms with Gasteiger partial charge in [-0.3, -0.25) is 0 Å². The fraction of sp³-hybridized carbons (Fsp3) is 1.00. The summed E-state index contributed by atoms with van der Waals surface area (Å²) in [7, 11) is 0. The Kier molecular flexibility index (Phi) is 4.86. The van der Waals surface area contributed by atoms with E-state index in [9.17, 15) is 10.2 Å². The molecule has 4 unspecified atom stereocenters. The largest absolute Gasteiger partial charge is 0.390 e. The van der Waals surface area contributed by atoms with Crippen LogP contribution in [-0.2, 0) is 0 Å². The third-order valence-electron chi connectivity index (χ3n) is 6.31. The maximum absolute atomic E-state index is 10.4. The van der Waals surface area contributed by atoms with Crippen molar-refractivity contribution in [3.05, 3.63) is 0 Å². The molecule has 2 rings (SSSR count). The van der Waals surface area contributed by atoms with Crippen LogP contribution in [0.4, 0.5) is 0 Å². The topological polar surface area (TPSA) is 40.5 Å². The lowest BCUT2D eigenvalue weighted by Crippen LogP contribution is -2.40. The number of hydrogen-bond acceptors (Lipinski definition) is 2. The first-order valence-electron chi connectivity index (χ1n) is 8.68. The highest BCUT2D eigenvalue weighted by Gasteiger charge is 2.40. The molecular formula is C18H34O2. The standard InChI is InChI=1S/C18H34O2/c1-5-16-11-14(6-9-18(16,4)20)10-13(2)15-7-8-17(3,19)12-15/h13-16,19-20H,5-12H2,1-4H3/t13?,14?,15-,16?,17-,18?/m1/s1. The summed E-state index contributed by atoms with van der Waals surface area (Å²) in [5.41, 5.74) is -0.855. The zero-order valence-corrected chi connectivity index (χ0v) is 13.9. The second-order valence-electron chi connectivity index (χ2n) is 8.32. The van der Waals surface area contributed by atoms with Crippen LogP contribution >= 0.6 is 0 Å². The average molecular weight is 282 g/mol. The van der Waals surface area contributed by atoms with E-state index in [-0.39, 0.29) is 0 Å². The van der Waals surface area contributed by atoms with Gasteiger partial charge >= 0.3 is 0 Å². The molecule has 2 nitrogen and oxygen atoms in total. The predicted octanol–water partition coefficient (Wildman–Crippen LogP) is 4.14. The third-order valence-corrected chi connectivity index (χ3v) is 6.31. The zero-order chi connectivity index (χ0) is 15.0. The molecule has 0 spiro atoms. The number of aliphatic hydroxyl groups is 2. The van der Waals surface area contributed by atoms with Gasteiger partial charge in [-0.2, -0.15) is 0 Å². The Hall–Kier alpha value is -0.0800. The first-order chi connectivity index (χ1) is 9.23. The van der Waals surface area contributed by atoms with E-state index in [1.807, 2.05) is 13.8 Å². The molecule has 0 bridgehead atoms. The fourth-order valence-electron chi connectivity index (χ4n) is 4.76. The smallest absolute Gasteiger partial charge is 0.0647 e. The molecule has 0 aromatic rings. The van der Waals surface area contributed by atoms with E-state index in [0.717, 1.165) is 37.5 Å². The number of rotatable bonds is 4. The van der Waals surface area contributed by atoms with Crippen LogP contribution in [0.1, 0.15) is 79.1 Å². The van der Waals surface area contributed by atoms with E-state index < -0.39 is 11.2 Å². The summed E-state index contributed by atoms with van der Waals surface area (Å²) in [4.78, 5) is 0. The molecule has 0 aromatic heterocycles. The molecule has 0 heterocycles. The van der Waals surface area contributed by atoms with E-state index in [0.29, 0.717) is 11.8 Å². The molecule has 0 radical (unpaired) electrons. The average Bonchev–Trinajstić information content (AvgIpc) is 2.72. The van der Waals surface area contributed by atoms with Gasteiger partial charge in [-0.25, -0.2) is 0 Å². The Bertz CT molecular complexity index is 321. The van der Waals surface area contributed by atoms with Gasteiger partial charge < -0.3 is 10.2 Å². The number of hydrogen-bond donors (Lipinski definition) is 2. The van der Waals surface area contributed by atoms with Crippen LogP contribution in [0.3, 0.4) is 0 Å². The maximum Gasteiger partial charge on any atom is 0.0647 e. The Balaban J connectivity index is 1.85. The van der Waals surface area contributed by atoms with Crippen molar-refractivity contribution in [3.63, 3.8) is 0 Å². The molecule has 2 N–H and O–H groups in total. The van der Waals surface area contributed by atoms with Crippen molar-refractivity contribution in [1.29, 1.82) is 0 Å². The van der Waals surface area contributed by atoms with Gasteiger partial charge in [0.05, 0.1) is 11.2 Å². The molecule has 2 aliphatic carbocycles. The molecule has 2 saturated carbocycles. The van der Waals surface area contributed by atoms with Crippen LogP contribution in [0, 0.1) is 23.7 Å². The lowest BCUT2D eigenvalue weighted by Gasteiger charge is -2.41. The molecule has 0 saturated heterocycles. The third kappa shape index (κ3) is 3.76. The van der Waals surface area contributed by atoms with Crippen molar-refractivity contribution < 1.29 is 10.2 Å². The van der Waals surface area contributed by atoms with Crippen LogP contribution in [0.5, 0.6) is 0 Å². The van der Waals surface area contributed by atoms with Crippen molar-refractivity contribution in [2.75, 3.05) is 0 Å². The maximum atomic E-state index is 10.4.